The molecule has 0 aromatic carbocycles. The molecule has 72 valence electrons. The average molecular weight is 178 g/mol. The first-order valence-electron chi connectivity index (χ1n) is 5.56. The van der Waals surface area contributed by atoms with E-state index in [1.54, 1.807) is 0 Å². The van der Waals surface area contributed by atoms with Crippen molar-refractivity contribution in [3.63, 3.8) is 0 Å². The largest absolute Gasteiger partial charge is 0.299 e. The van der Waals surface area contributed by atoms with Crippen LogP contribution in [0, 0.1) is 22.2 Å². The molecule has 3 saturated carbocycles. The highest BCUT2D eigenvalue weighted by atomic mass is 16.1. The lowest BCUT2D eigenvalue weighted by Crippen LogP contribution is -2.47. The molecule has 0 aliphatic heterocycles. The Kier molecular flexibility index (Phi) is 1.07. The Morgan fingerprint density at radius 2 is 2.08 bits per heavy atom. The quantitative estimate of drug-likeness (QED) is 0.603. The molecule has 3 aliphatic carbocycles. The van der Waals surface area contributed by atoms with Crippen molar-refractivity contribution in [1.82, 2.24) is 0 Å². The van der Waals surface area contributed by atoms with Gasteiger partial charge in [0.2, 0.25) is 0 Å². The van der Waals surface area contributed by atoms with E-state index in [-0.39, 0.29) is 5.41 Å². The smallest absolute Gasteiger partial charge is 0.139 e. The molecule has 1 heteroatoms. The van der Waals surface area contributed by atoms with Crippen LogP contribution in [0.15, 0.2) is 0 Å². The van der Waals surface area contributed by atoms with Gasteiger partial charge in [-0.25, -0.2) is 0 Å². The predicted molar refractivity (Wildman–Crippen MR) is 51.3 cm³/mol. The van der Waals surface area contributed by atoms with Gasteiger partial charge in [-0.3, -0.25) is 4.79 Å². The van der Waals surface area contributed by atoms with Gasteiger partial charge in [-0.1, -0.05) is 20.8 Å². The number of ketones is 1. The van der Waals surface area contributed by atoms with Gasteiger partial charge < -0.3 is 0 Å². The predicted octanol–water partition coefficient (Wildman–Crippen LogP) is 2.79. The molecule has 0 aromatic rings. The summed E-state index contributed by atoms with van der Waals surface area (Å²) < 4.78 is 0. The molecule has 0 N–H and O–H groups in total. The standard InChI is InChI=1S/C12H18O/c1-4-11-5-6-12(11)8(7-9(11)13)10(12,2)3/h8H,4-7H2,1-3H3/t8?,11-,12?/m0/s1. The molecule has 13 heavy (non-hydrogen) atoms. The van der Waals surface area contributed by atoms with E-state index in [0.717, 1.165) is 18.8 Å². The lowest BCUT2D eigenvalue weighted by atomic mass is 9.53. The van der Waals surface area contributed by atoms with Crippen molar-refractivity contribution in [3.05, 3.63) is 0 Å². The van der Waals surface area contributed by atoms with Crippen molar-refractivity contribution >= 4 is 5.78 Å². The summed E-state index contributed by atoms with van der Waals surface area (Å²) in [4.78, 5) is 11.9. The Balaban J connectivity index is 2.09. The first kappa shape index (κ1) is 8.02. The fraction of sp³-hybridized carbons (Fsp3) is 0.917. The fourth-order valence-corrected chi connectivity index (χ4v) is 5.00. The third-order valence-corrected chi connectivity index (χ3v) is 5.86. The van der Waals surface area contributed by atoms with Gasteiger partial charge in [-0.05, 0) is 36.0 Å². The van der Waals surface area contributed by atoms with Gasteiger partial charge in [0.1, 0.15) is 5.78 Å². The Hall–Kier alpha value is -0.330. The van der Waals surface area contributed by atoms with Crippen LogP contribution >= 0.6 is 0 Å². The lowest BCUT2D eigenvalue weighted by Gasteiger charge is -2.49. The molecule has 3 fully saturated rings. The summed E-state index contributed by atoms with van der Waals surface area (Å²) in [5, 5.41) is 0. The maximum Gasteiger partial charge on any atom is 0.139 e. The zero-order chi connectivity index (χ0) is 9.48. The van der Waals surface area contributed by atoms with Gasteiger partial charge in [0.25, 0.3) is 0 Å². The van der Waals surface area contributed by atoms with Crippen molar-refractivity contribution in [2.45, 2.75) is 46.5 Å². The highest BCUT2D eigenvalue weighted by Crippen LogP contribution is 2.90. The molecule has 0 amide bonds. The van der Waals surface area contributed by atoms with E-state index in [2.05, 4.69) is 20.8 Å². The van der Waals surface area contributed by atoms with Crippen LogP contribution in [0.1, 0.15) is 46.5 Å². The van der Waals surface area contributed by atoms with Crippen LogP contribution in [0.4, 0.5) is 0 Å². The van der Waals surface area contributed by atoms with Crippen molar-refractivity contribution < 1.29 is 4.79 Å². The van der Waals surface area contributed by atoms with Crippen LogP contribution in [0.5, 0.6) is 0 Å². The van der Waals surface area contributed by atoms with Gasteiger partial charge in [0, 0.05) is 11.8 Å². The van der Waals surface area contributed by atoms with Gasteiger partial charge in [-0.15, -0.1) is 0 Å². The molecule has 0 radical (unpaired) electrons. The van der Waals surface area contributed by atoms with E-state index in [1.807, 2.05) is 0 Å². The average Bonchev–Trinajstić information content (AvgIpc) is 2.43. The molecule has 0 saturated heterocycles. The number of carbonyl (C=O) groups excluding carboxylic acids is 1. The zero-order valence-electron chi connectivity index (χ0n) is 8.81. The van der Waals surface area contributed by atoms with E-state index < -0.39 is 0 Å². The van der Waals surface area contributed by atoms with Gasteiger partial charge in [0.05, 0.1) is 0 Å². The first-order valence-corrected chi connectivity index (χ1v) is 5.56. The molecule has 3 aliphatic rings. The maximum absolute atomic E-state index is 11.9. The van der Waals surface area contributed by atoms with E-state index >= 15 is 0 Å². The van der Waals surface area contributed by atoms with E-state index in [4.69, 9.17) is 0 Å². The maximum atomic E-state index is 11.9. The van der Waals surface area contributed by atoms with Crippen LogP contribution in [-0.2, 0) is 4.79 Å². The molecule has 3 rings (SSSR count). The number of rotatable bonds is 1. The van der Waals surface area contributed by atoms with Crippen molar-refractivity contribution in [2.75, 3.05) is 0 Å². The van der Waals surface area contributed by atoms with E-state index in [9.17, 15) is 4.79 Å². The topological polar surface area (TPSA) is 17.1 Å². The highest BCUT2D eigenvalue weighted by molar-refractivity contribution is 5.92. The Labute approximate surface area is 79.9 Å². The van der Waals surface area contributed by atoms with Crippen molar-refractivity contribution in [1.29, 1.82) is 0 Å². The third kappa shape index (κ3) is 0.480. The molecule has 1 spiro atoms. The number of hydrogen-bond donors (Lipinski definition) is 0. The minimum Gasteiger partial charge on any atom is -0.299 e. The zero-order valence-corrected chi connectivity index (χ0v) is 8.81. The summed E-state index contributed by atoms with van der Waals surface area (Å²) in [5.74, 6) is 1.33. The number of hydrogen-bond acceptors (Lipinski definition) is 1. The van der Waals surface area contributed by atoms with Crippen LogP contribution in [0.2, 0.25) is 0 Å². The second-order valence-corrected chi connectivity index (χ2v) is 5.81. The van der Waals surface area contributed by atoms with Crippen LogP contribution < -0.4 is 0 Å². The van der Waals surface area contributed by atoms with Gasteiger partial charge in [0.15, 0.2) is 0 Å². The molecular formula is C12H18O. The summed E-state index contributed by atoms with van der Waals surface area (Å²) in [6.45, 7) is 6.94. The molecule has 3 atom stereocenters. The second-order valence-electron chi connectivity index (χ2n) is 5.81. The van der Waals surface area contributed by atoms with E-state index in [0.29, 0.717) is 16.6 Å². The van der Waals surface area contributed by atoms with Gasteiger partial charge >= 0.3 is 0 Å². The fourth-order valence-electron chi connectivity index (χ4n) is 5.00. The number of carbonyl (C=O) groups is 1. The normalized spacial score (nSPS) is 55.3. The molecule has 1 nitrogen and oxygen atoms in total. The summed E-state index contributed by atoms with van der Waals surface area (Å²) >= 11 is 0. The SMILES string of the molecule is CC[C@@]12CCC13C(CC2=O)C3(C)C. The second kappa shape index (κ2) is 1.74. The number of Topliss-reactive ketones (excluding diaryl/α,β-unsaturated/α-hetero) is 1. The summed E-state index contributed by atoms with van der Waals surface area (Å²) in [6.07, 6.45) is 4.49. The summed E-state index contributed by atoms with van der Waals surface area (Å²) in [7, 11) is 0. The Morgan fingerprint density at radius 1 is 1.38 bits per heavy atom. The lowest BCUT2D eigenvalue weighted by molar-refractivity contribution is -0.140. The van der Waals surface area contributed by atoms with Crippen molar-refractivity contribution in [3.8, 4) is 0 Å². The minimum atomic E-state index is 0.140. The van der Waals surface area contributed by atoms with Crippen molar-refractivity contribution in [2.24, 2.45) is 22.2 Å². The third-order valence-electron chi connectivity index (χ3n) is 5.86. The molecule has 0 aromatic heterocycles. The molecule has 2 unspecified atom stereocenters. The monoisotopic (exact) mass is 178 g/mol. The van der Waals surface area contributed by atoms with Crippen LogP contribution in [0.25, 0.3) is 0 Å². The highest BCUT2D eigenvalue weighted by Gasteiger charge is 2.87. The first-order chi connectivity index (χ1) is 6.03. The van der Waals surface area contributed by atoms with Crippen LogP contribution in [-0.4, -0.2) is 5.78 Å². The summed E-state index contributed by atoms with van der Waals surface area (Å²) in [6, 6.07) is 0. The van der Waals surface area contributed by atoms with Crippen LogP contribution in [0.3, 0.4) is 0 Å². The molecule has 0 heterocycles. The van der Waals surface area contributed by atoms with Gasteiger partial charge in [-0.2, -0.15) is 0 Å². The minimum absolute atomic E-state index is 0.140. The van der Waals surface area contributed by atoms with E-state index in [1.165, 1.54) is 12.8 Å². The Morgan fingerprint density at radius 3 is 2.46 bits per heavy atom. The molecule has 0 bridgehead atoms. The Bertz CT molecular complexity index is 300. The summed E-state index contributed by atoms with van der Waals surface area (Å²) in [5.41, 5.74) is 1.09. The molecular weight excluding hydrogens is 160 g/mol.